The van der Waals surface area contributed by atoms with E-state index in [0.29, 0.717) is 19.8 Å². The third-order valence-electron chi connectivity index (χ3n) is 2.14. The van der Waals surface area contributed by atoms with Gasteiger partial charge in [-0.05, 0) is 25.0 Å². The lowest BCUT2D eigenvalue weighted by Gasteiger charge is -2.01. The van der Waals surface area contributed by atoms with Crippen LogP contribution in [0.5, 0.6) is 0 Å². The van der Waals surface area contributed by atoms with Crippen LogP contribution in [0.4, 0.5) is 0 Å². The Hall–Kier alpha value is -0.840. The highest BCUT2D eigenvalue weighted by Crippen LogP contribution is 2.14. The smallest absolute Gasteiger partial charge is 0.130 e. The standard InChI is InChI=1S/C11H19NO3/c1-9-6-10(15-11(9)7-12)8-14-5-3-4-13-2/h6H,3-5,7-8,12H2,1-2H3. The zero-order chi connectivity index (χ0) is 11.1. The highest BCUT2D eigenvalue weighted by molar-refractivity contribution is 5.19. The van der Waals surface area contributed by atoms with Crippen molar-refractivity contribution < 1.29 is 13.9 Å². The number of aryl methyl sites for hydroxylation is 1. The van der Waals surface area contributed by atoms with Gasteiger partial charge in [0.25, 0.3) is 0 Å². The average Bonchev–Trinajstić information content (AvgIpc) is 2.59. The molecule has 86 valence electrons. The molecule has 0 bridgehead atoms. The van der Waals surface area contributed by atoms with E-state index in [4.69, 9.17) is 19.6 Å². The molecule has 0 aromatic carbocycles. The molecule has 1 heterocycles. The number of methoxy groups -OCH3 is 1. The maximum Gasteiger partial charge on any atom is 0.130 e. The Morgan fingerprint density at radius 3 is 2.80 bits per heavy atom. The molecule has 0 fully saturated rings. The molecule has 4 heteroatoms. The Morgan fingerprint density at radius 2 is 2.20 bits per heavy atom. The zero-order valence-electron chi connectivity index (χ0n) is 9.41. The van der Waals surface area contributed by atoms with E-state index in [1.54, 1.807) is 7.11 Å². The normalized spacial score (nSPS) is 10.9. The zero-order valence-corrected chi connectivity index (χ0v) is 9.41. The molecular formula is C11H19NO3. The van der Waals surface area contributed by atoms with E-state index in [2.05, 4.69) is 0 Å². The van der Waals surface area contributed by atoms with Gasteiger partial charge in [-0.25, -0.2) is 0 Å². The van der Waals surface area contributed by atoms with Crippen LogP contribution < -0.4 is 5.73 Å². The van der Waals surface area contributed by atoms with Crippen LogP contribution in [-0.4, -0.2) is 20.3 Å². The molecule has 0 atom stereocenters. The third-order valence-corrected chi connectivity index (χ3v) is 2.14. The van der Waals surface area contributed by atoms with Gasteiger partial charge in [0.2, 0.25) is 0 Å². The Balaban J connectivity index is 2.25. The summed E-state index contributed by atoms with van der Waals surface area (Å²) >= 11 is 0. The molecule has 0 aliphatic rings. The van der Waals surface area contributed by atoms with Crippen LogP contribution >= 0.6 is 0 Å². The van der Waals surface area contributed by atoms with Crippen LogP contribution in [0.3, 0.4) is 0 Å². The minimum absolute atomic E-state index is 0.440. The van der Waals surface area contributed by atoms with Gasteiger partial charge >= 0.3 is 0 Å². The first-order chi connectivity index (χ1) is 7.27. The third kappa shape index (κ3) is 4.03. The first kappa shape index (κ1) is 12.2. The number of nitrogens with two attached hydrogens (primary N) is 1. The van der Waals surface area contributed by atoms with E-state index in [-0.39, 0.29) is 0 Å². The summed E-state index contributed by atoms with van der Waals surface area (Å²) in [5.74, 6) is 1.68. The number of hydrogen-bond donors (Lipinski definition) is 1. The lowest BCUT2D eigenvalue weighted by molar-refractivity contribution is 0.0821. The topological polar surface area (TPSA) is 57.6 Å². The van der Waals surface area contributed by atoms with E-state index >= 15 is 0 Å². The molecular weight excluding hydrogens is 194 g/mol. The van der Waals surface area contributed by atoms with Crippen molar-refractivity contribution in [3.8, 4) is 0 Å². The van der Waals surface area contributed by atoms with Gasteiger partial charge in [-0.15, -0.1) is 0 Å². The molecule has 1 aromatic heterocycles. The predicted octanol–water partition coefficient (Wildman–Crippen LogP) is 1.60. The van der Waals surface area contributed by atoms with Crippen LogP contribution in [0.25, 0.3) is 0 Å². The first-order valence-electron chi connectivity index (χ1n) is 5.13. The summed E-state index contributed by atoms with van der Waals surface area (Å²) in [6.45, 7) is 4.34. The van der Waals surface area contributed by atoms with Gasteiger partial charge in [0, 0.05) is 20.3 Å². The average molecular weight is 213 g/mol. The number of furan rings is 1. The van der Waals surface area contributed by atoms with E-state index in [0.717, 1.165) is 30.1 Å². The summed E-state index contributed by atoms with van der Waals surface area (Å²) in [6.07, 6.45) is 0.903. The van der Waals surface area contributed by atoms with E-state index in [1.807, 2.05) is 13.0 Å². The van der Waals surface area contributed by atoms with Crippen molar-refractivity contribution >= 4 is 0 Å². The van der Waals surface area contributed by atoms with Crippen LogP contribution in [0, 0.1) is 6.92 Å². The van der Waals surface area contributed by atoms with Crippen molar-refractivity contribution in [2.75, 3.05) is 20.3 Å². The van der Waals surface area contributed by atoms with Crippen molar-refractivity contribution in [1.29, 1.82) is 0 Å². The molecule has 1 aromatic rings. The molecule has 0 radical (unpaired) electrons. The summed E-state index contributed by atoms with van der Waals surface area (Å²) < 4.78 is 15.8. The highest BCUT2D eigenvalue weighted by atomic mass is 16.5. The summed E-state index contributed by atoms with van der Waals surface area (Å²) in [4.78, 5) is 0. The van der Waals surface area contributed by atoms with Gasteiger partial charge in [0.05, 0.1) is 6.54 Å². The van der Waals surface area contributed by atoms with Gasteiger partial charge in [0.1, 0.15) is 18.1 Å². The van der Waals surface area contributed by atoms with Gasteiger partial charge < -0.3 is 19.6 Å². The monoisotopic (exact) mass is 213 g/mol. The fourth-order valence-electron chi connectivity index (χ4n) is 1.34. The molecule has 0 saturated heterocycles. The van der Waals surface area contributed by atoms with Gasteiger partial charge in [0.15, 0.2) is 0 Å². The minimum Gasteiger partial charge on any atom is -0.462 e. The molecule has 15 heavy (non-hydrogen) atoms. The summed E-state index contributed by atoms with van der Waals surface area (Å²) in [6, 6.07) is 1.97. The molecule has 0 amide bonds. The van der Waals surface area contributed by atoms with Gasteiger partial charge in [-0.2, -0.15) is 0 Å². The fourth-order valence-corrected chi connectivity index (χ4v) is 1.34. The number of hydrogen-bond acceptors (Lipinski definition) is 4. The van der Waals surface area contributed by atoms with Crippen molar-refractivity contribution in [3.05, 3.63) is 23.2 Å². The molecule has 4 nitrogen and oxygen atoms in total. The summed E-state index contributed by atoms with van der Waals surface area (Å²) in [7, 11) is 1.68. The van der Waals surface area contributed by atoms with Crippen molar-refractivity contribution in [2.24, 2.45) is 5.73 Å². The Kier molecular flexibility index (Phi) is 5.39. The molecule has 1 rings (SSSR count). The summed E-state index contributed by atoms with van der Waals surface area (Å²) in [5, 5.41) is 0. The predicted molar refractivity (Wildman–Crippen MR) is 57.5 cm³/mol. The van der Waals surface area contributed by atoms with E-state index in [1.165, 1.54) is 0 Å². The quantitative estimate of drug-likeness (QED) is 0.699. The van der Waals surface area contributed by atoms with Crippen molar-refractivity contribution in [2.45, 2.75) is 26.5 Å². The molecule has 0 saturated carbocycles. The van der Waals surface area contributed by atoms with Gasteiger partial charge in [-0.3, -0.25) is 0 Å². The fraction of sp³-hybridized carbons (Fsp3) is 0.636. The first-order valence-corrected chi connectivity index (χ1v) is 5.13. The lowest BCUT2D eigenvalue weighted by Crippen LogP contribution is -1.98. The lowest BCUT2D eigenvalue weighted by atomic mass is 10.3. The van der Waals surface area contributed by atoms with E-state index in [9.17, 15) is 0 Å². The largest absolute Gasteiger partial charge is 0.462 e. The second kappa shape index (κ2) is 6.61. The molecule has 0 unspecified atom stereocenters. The Morgan fingerprint density at radius 1 is 1.40 bits per heavy atom. The Bertz CT molecular complexity index is 283. The van der Waals surface area contributed by atoms with Crippen LogP contribution in [0.1, 0.15) is 23.5 Å². The van der Waals surface area contributed by atoms with Crippen molar-refractivity contribution in [3.63, 3.8) is 0 Å². The Labute approximate surface area is 90.3 Å². The number of ether oxygens (including phenoxy) is 2. The van der Waals surface area contributed by atoms with Crippen LogP contribution in [0.2, 0.25) is 0 Å². The van der Waals surface area contributed by atoms with Crippen LogP contribution in [0.15, 0.2) is 10.5 Å². The molecule has 0 spiro atoms. The molecule has 0 aliphatic heterocycles. The highest BCUT2D eigenvalue weighted by Gasteiger charge is 2.05. The maximum absolute atomic E-state index is 5.51. The molecule has 0 aliphatic carbocycles. The van der Waals surface area contributed by atoms with Gasteiger partial charge in [-0.1, -0.05) is 0 Å². The SMILES string of the molecule is COCCCOCc1cc(C)c(CN)o1. The summed E-state index contributed by atoms with van der Waals surface area (Å²) in [5.41, 5.74) is 6.60. The van der Waals surface area contributed by atoms with Crippen LogP contribution in [-0.2, 0) is 22.6 Å². The van der Waals surface area contributed by atoms with Crippen molar-refractivity contribution in [1.82, 2.24) is 0 Å². The van der Waals surface area contributed by atoms with E-state index < -0.39 is 0 Å². The second-order valence-electron chi connectivity index (χ2n) is 3.42. The second-order valence-corrected chi connectivity index (χ2v) is 3.42. The molecule has 2 N–H and O–H groups in total. The maximum atomic E-state index is 5.51. The number of rotatable bonds is 7. The minimum atomic E-state index is 0.440.